The van der Waals surface area contributed by atoms with Gasteiger partial charge in [0.25, 0.3) is 0 Å². The molecule has 2 aromatic rings. The van der Waals surface area contributed by atoms with Crippen molar-refractivity contribution in [2.24, 2.45) is 7.05 Å². The van der Waals surface area contributed by atoms with Gasteiger partial charge >= 0.3 is 5.97 Å². The van der Waals surface area contributed by atoms with Crippen molar-refractivity contribution in [2.45, 2.75) is 5.16 Å². The SMILES string of the molecule is COC(=O)c1cc2nc(SCCN3C=CNC3)n(C)c2cc1Cl. The molecule has 8 heteroatoms. The number of hydrogen-bond acceptors (Lipinski definition) is 6. The lowest BCUT2D eigenvalue weighted by Gasteiger charge is -2.13. The molecule has 0 aliphatic carbocycles. The second-order valence-electron chi connectivity index (χ2n) is 5.10. The third kappa shape index (κ3) is 3.25. The number of carbonyl (C=O) groups is 1. The zero-order valence-electron chi connectivity index (χ0n) is 12.9. The van der Waals surface area contributed by atoms with E-state index < -0.39 is 5.97 Å². The number of nitrogens with one attached hydrogen (secondary N) is 1. The van der Waals surface area contributed by atoms with Crippen molar-refractivity contribution in [3.8, 4) is 0 Å². The number of methoxy groups -OCH3 is 1. The molecule has 0 fully saturated rings. The number of esters is 1. The van der Waals surface area contributed by atoms with E-state index in [1.54, 1.807) is 23.9 Å². The van der Waals surface area contributed by atoms with E-state index >= 15 is 0 Å². The number of hydrogen-bond donors (Lipinski definition) is 1. The molecule has 0 saturated heterocycles. The fourth-order valence-electron chi connectivity index (χ4n) is 2.37. The van der Waals surface area contributed by atoms with Crippen LogP contribution >= 0.6 is 23.4 Å². The molecule has 23 heavy (non-hydrogen) atoms. The summed E-state index contributed by atoms with van der Waals surface area (Å²) in [6.45, 7) is 1.78. The van der Waals surface area contributed by atoms with Gasteiger partial charge in [-0.3, -0.25) is 0 Å². The second kappa shape index (κ2) is 6.72. The Labute approximate surface area is 143 Å². The van der Waals surface area contributed by atoms with Crippen molar-refractivity contribution in [1.29, 1.82) is 0 Å². The number of halogens is 1. The number of carbonyl (C=O) groups excluding carboxylic acids is 1. The van der Waals surface area contributed by atoms with E-state index in [1.807, 2.05) is 24.0 Å². The number of fused-ring (bicyclic) bond motifs is 1. The summed E-state index contributed by atoms with van der Waals surface area (Å²) in [5.41, 5.74) is 1.97. The van der Waals surface area contributed by atoms with E-state index in [0.717, 1.165) is 35.2 Å². The predicted octanol–water partition coefficient (Wildman–Crippen LogP) is 2.44. The summed E-state index contributed by atoms with van der Waals surface area (Å²) in [7, 11) is 3.29. The summed E-state index contributed by atoms with van der Waals surface area (Å²) in [4.78, 5) is 18.5. The van der Waals surface area contributed by atoms with Crippen molar-refractivity contribution in [3.63, 3.8) is 0 Å². The molecule has 0 bridgehead atoms. The van der Waals surface area contributed by atoms with E-state index in [-0.39, 0.29) is 0 Å². The largest absolute Gasteiger partial charge is 0.465 e. The van der Waals surface area contributed by atoms with Gasteiger partial charge in [-0.2, -0.15) is 0 Å². The second-order valence-corrected chi connectivity index (χ2v) is 6.57. The van der Waals surface area contributed by atoms with E-state index in [1.165, 1.54) is 7.11 Å². The zero-order valence-corrected chi connectivity index (χ0v) is 14.4. The summed E-state index contributed by atoms with van der Waals surface area (Å²) in [5, 5.41) is 4.41. The Kier molecular flexibility index (Phi) is 4.68. The van der Waals surface area contributed by atoms with Gasteiger partial charge in [-0.25, -0.2) is 9.78 Å². The maximum absolute atomic E-state index is 11.7. The molecule has 2 heterocycles. The van der Waals surface area contributed by atoms with Crippen molar-refractivity contribution in [2.75, 3.05) is 26.1 Å². The van der Waals surface area contributed by atoms with Gasteiger partial charge in [0.05, 0.1) is 35.4 Å². The van der Waals surface area contributed by atoms with Gasteiger partial charge in [-0.05, 0) is 12.1 Å². The molecule has 1 aliphatic heterocycles. The van der Waals surface area contributed by atoms with Crippen LogP contribution in [0.25, 0.3) is 11.0 Å². The van der Waals surface area contributed by atoms with Crippen LogP contribution < -0.4 is 5.32 Å². The fourth-order valence-corrected chi connectivity index (χ4v) is 3.57. The Morgan fingerprint density at radius 1 is 1.52 bits per heavy atom. The molecule has 122 valence electrons. The number of imidazole rings is 1. The van der Waals surface area contributed by atoms with Crippen LogP contribution in [0.3, 0.4) is 0 Å². The summed E-state index contributed by atoms with van der Waals surface area (Å²) in [5.74, 6) is 0.464. The Balaban J connectivity index is 1.79. The molecule has 0 atom stereocenters. The fraction of sp³-hybridized carbons (Fsp3) is 0.333. The Morgan fingerprint density at radius 2 is 2.35 bits per heavy atom. The van der Waals surface area contributed by atoms with Crippen LogP contribution in [0.5, 0.6) is 0 Å². The van der Waals surface area contributed by atoms with E-state index in [0.29, 0.717) is 10.6 Å². The van der Waals surface area contributed by atoms with Crippen molar-refractivity contribution in [1.82, 2.24) is 19.8 Å². The number of aryl methyl sites for hydroxylation is 1. The molecule has 0 unspecified atom stereocenters. The predicted molar refractivity (Wildman–Crippen MR) is 91.6 cm³/mol. The van der Waals surface area contributed by atoms with Gasteiger partial charge in [-0.1, -0.05) is 23.4 Å². The molecule has 6 nitrogen and oxygen atoms in total. The molecular weight excluding hydrogens is 336 g/mol. The molecule has 0 spiro atoms. The lowest BCUT2D eigenvalue weighted by molar-refractivity contribution is 0.0601. The first-order chi connectivity index (χ1) is 11.1. The first-order valence-corrected chi connectivity index (χ1v) is 8.47. The molecule has 3 rings (SSSR count). The minimum absolute atomic E-state index is 0.338. The van der Waals surface area contributed by atoms with Crippen molar-refractivity contribution >= 4 is 40.4 Å². The third-order valence-electron chi connectivity index (χ3n) is 3.64. The van der Waals surface area contributed by atoms with Crippen LogP contribution in [0, 0.1) is 0 Å². The average molecular weight is 353 g/mol. The number of nitrogens with zero attached hydrogens (tertiary/aromatic N) is 3. The highest BCUT2D eigenvalue weighted by atomic mass is 35.5. The van der Waals surface area contributed by atoms with Crippen LogP contribution in [0.1, 0.15) is 10.4 Å². The maximum Gasteiger partial charge on any atom is 0.339 e. The Hall–Kier alpha value is -1.86. The van der Waals surface area contributed by atoms with Gasteiger partial charge in [0.1, 0.15) is 0 Å². The topological polar surface area (TPSA) is 59.4 Å². The molecule has 1 aromatic carbocycles. The van der Waals surface area contributed by atoms with E-state index in [9.17, 15) is 4.79 Å². The first-order valence-electron chi connectivity index (χ1n) is 7.11. The van der Waals surface area contributed by atoms with Crippen LogP contribution in [0.2, 0.25) is 5.02 Å². The van der Waals surface area contributed by atoms with Gasteiger partial charge < -0.3 is 19.5 Å². The first kappa shape index (κ1) is 16.0. The van der Waals surface area contributed by atoms with Crippen molar-refractivity contribution < 1.29 is 9.53 Å². The molecule has 0 saturated carbocycles. The van der Waals surface area contributed by atoms with E-state index in [4.69, 9.17) is 16.3 Å². The Morgan fingerprint density at radius 3 is 3.04 bits per heavy atom. The van der Waals surface area contributed by atoms with Crippen LogP contribution in [0.15, 0.2) is 29.7 Å². The molecule has 1 aliphatic rings. The quantitative estimate of drug-likeness (QED) is 0.659. The average Bonchev–Trinajstić information content (AvgIpc) is 3.16. The highest BCUT2D eigenvalue weighted by Gasteiger charge is 2.16. The lowest BCUT2D eigenvalue weighted by atomic mass is 10.2. The molecule has 1 aromatic heterocycles. The van der Waals surface area contributed by atoms with Gasteiger partial charge in [0.15, 0.2) is 5.16 Å². The highest BCUT2D eigenvalue weighted by Crippen LogP contribution is 2.28. The zero-order chi connectivity index (χ0) is 16.4. The molecule has 1 N–H and O–H groups in total. The number of aromatic nitrogens is 2. The van der Waals surface area contributed by atoms with Crippen LogP contribution in [-0.2, 0) is 11.8 Å². The number of thioether (sulfide) groups is 1. The summed E-state index contributed by atoms with van der Waals surface area (Å²) in [6.07, 6.45) is 3.98. The molecule has 0 amide bonds. The van der Waals surface area contributed by atoms with E-state index in [2.05, 4.69) is 15.2 Å². The van der Waals surface area contributed by atoms with Gasteiger partial charge in [0, 0.05) is 31.7 Å². The number of ether oxygens (including phenoxy) is 1. The minimum atomic E-state index is -0.454. The van der Waals surface area contributed by atoms with Crippen molar-refractivity contribution in [3.05, 3.63) is 35.1 Å². The third-order valence-corrected chi connectivity index (χ3v) is 4.96. The summed E-state index contributed by atoms with van der Waals surface area (Å²) in [6, 6.07) is 3.44. The summed E-state index contributed by atoms with van der Waals surface area (Å²) >= 11 is 7.85. The Bertz CT molecular complexity index is 774. The van der Waals surface area contributed by atoms with Crippen LogP contribution in [0.4, 0.5) is 0 Å². The standard InChI is InChI=1S/C15H17ClN4O2S/c1-19-13-8-11(16)10(14(21)22-2)7-12(13)18-15(19)23-6-5-20-4-3-17-9-20/h3-4,7-8,17H,5-6,9H2,1-2H3. The van der Waals surface area contributed by atoms with Gasteiger partial charge in [-0.15, -0.1) is 0 Å². The normalized spacial score (nSPS) is 13.6. The highest BCUT2D eigenvalue weighted by molar-refractivity contribution is 7.99. The number of rotatable bonds is 5. The lowest BCUT2D eigenvalue weighted by Crippen LogP contribution is -2.22. The van der Waals surface area contributed by atoms with Crippen LogP contribution in [-0.4, -0.2) is 46.5 Å². The minimum Gasteiger partial charge on any atom is -0.465 e. The number of benzene rings is 1. The molecular formula is C15H17ClN4O2S. The van der Waals surface area contributed by atoms with Gasteiger partial charge in [0.2, 0.25) is 0 Å². The summed E-state index contributed by atoms with van der Waals surface area (Å²) < 4.78 is 6.73. The maximum atomic E-state index is 11.7. The molecule has 0 radical (unpaired) electrons. The monoisotopic (exact) mass is 352 g/mol. The smallest absolute Gasteiger partial charge is 0.339 e.